The van der Waals surface area contributed by atoms with Gasteiger partial charge in [-0.25, -0.2) is 0 Å². The summed E-state index contributed by atoms with van der Waals surface area (Å²) in [6.07, 6.45) is 6.25. The Kier molecular flexibility index (Phi) is 7.85. The number of hydrogen-bond acceptors (Lipinski definition) is 1. The second kappa shape index (κ2) is 7.41. The van der Waals surface area contributed by atoms with Crippen LogP contribution in [0, 0.1) is 0 Å². The predicted octanol–water partition coefficient (Wildman–Crippen LogP) is 3.82. The number of hydrogen-bond donors (Lipinski definition) is 0. The summed E-state index contributed by atoms with van der Waals surface area (Å²) in [6.45, 7) is 11.4. The Morgan fingerprint density at radius 3 is 2.06 bits per heavy atom. The van der Waals surface area contributed by atoms with Crippen molar-refractivity contribution in [3.05, 3.63) is 23.9 Å². The van der Waals surface area contributed by atoms with E-state index in [0.717, 1.165) is 23.5 Å². The Balaban J connectivity index is 0.00000106. The van der Waals surface area contributed by atoms with Gasteiger partial charge in [0.05, 0.1) is 5.38 Å². The van der Waals surface area contributed by atoms with Crippen molar-refractivity contribution in [3.8, 4) is 0 Å². The summed E-state index contributed by atoms with van der Waals surface area (Å²) in [4.78, 5) is 0. The van der Waals surface area contributed by atoms with Crippen LogP contribution in [0.25, 0.3) is 0 Å². The van der Waals surface area contributed by atoms with E-state index in [1.807, 2.05) is 6.08 Å². The molecule has 1 rings (SSSR count). The van der Waals surface area contributed by atoms with Gasteiger partial charge in [-0.05, 0) is 26.8 Å². The van der Waals surface area contributed by atoms with Gasteiger partial charge in [0.2, 0.25) is 0 Å². The van der Waals surface area contributed by atoms with E-state index >= 15 is 0 Å². The summed E-state index contributed by atoms with van der Waals surface area (Å²) >= 11 is 7.27. The van der Waals surface area contributed by atoms with Gasteiger partial charge in [-0.3, -0.25) is 0 Å². The van der Waals surface area contributed by atoms with Crippen molar-refractivity contribution in [2.24, 2.45) is 0 Å². The summed E-state index contributed by atoms with van der Waals surface area (Å²) in [7, 11) is 3.87. The fourth-order valence-corrected chi connectivity index (χ4v) is 4.86. The van der Waals surface area contributed by atoms with Crippen LogP contribution in [0.5, 0.6) is 0 Å². The standard InChI is InChI=1S/C11H20ClNSi.ClH.Zr/c1-11(2,3)13(14(4)5)10-8-6-7-9(10)12;;/h6-9,14H,1-5H3;1H;/q;;+1/p-1. The molecule has 1 nitrogen and oxygen atoms in total. The van der Waals surface area contributed by atoms with Crippen LogP contribution < -0.4 is 0 Å². The van der Waals surface area contributed by atoms with Gasteiger partial charge >= 0.3 is 32.0 Å². The van der Waals surface area contributed by atoms with Gasteiger partial charge in [0.15, 0.2) is 0 Å². The number of allylic oxidation sites excluding steroid dienone is 3. The Bertz CT molecular complexity index is 272. The van der Waals surface area contributed by atoms with Crippen molar-refractivity contribution in [2.45, 2.75) is 44.8 Å². The zero-order valence-corrected chi connectivity index (χ0v) is 15.7. The molecule has 0 spiro atoms. The van der Waals surface area contributed by atoms with Crippen molar-refractivity contribution in [3.63, 3.8) is 0 Å². The van der Waals surface area contributed by atoms with Gasteiger partial charge in [-0.2, -0.15) is 0 Å². The zero-order chi connectivity index (χ0) is 12.9. The van der Waals surface area contributed by atoms with Crippen LogP contribution in [0.4, 0.5) is 0 Å². The molecule has 0 N–H and O–H groups in total. The Labute approximate surface area is 125 Å². The van der Waals surface area contributed by atoms with Crippen molar-refractivity contribution >= 4 is 29.1 Å². The molecule has 5 heteroatoms. The van der Waals surface area contributed by atoms with E-state index in [-0.39, 0.29) is 10.9 Å². The third kappa shape index (κ3) is 4.68. The number of alkyl halides is 1. The molecule has 0 aromatic heterocycles. The average molecular weight is 357 g/mol. The van der Waals surface area contributed by atoms with Crippen LogP contribution in [-0.4, -0.2) is 24.4 Å². The first-order valence-corrected chi connectivity index (χ1v) is 11.8. The van der Waals surface area contributed by atoms with Crippen molar-refractivity contribution in [1.82, 2.24) is 4.57 Å². The number of halogens is 2. The van der Waals surface area contributed by atoms with Gasteiger partial charge in [-0.1, -0.05) is 25.2 Å². The van der Waals surface area contributed by atoms with E-state index < -0.39 is 8.96 Å². The first-order valence-electron chi connectivity index (χ1n) is 5.34. The first kappa shape index (κ1) is 17.0. The molecule has 0 aromatic carbocycles. The van der Waals surface area contributed by atoms with Crippen molar-refractivity contribution in [2.75, 3.05) is 0 Å². The summed E-state index contributed by atoms with van der Waals surface area (Å²) < 4.78 is 2.52. The monoisotopic (exact) mass is 354 g/mol. The molecule has 0 bridgehead atoms. The van der Waals surface area contributed by atoms with Gasteiger partial charge in [0, 0.05) is 11.2 Å². The van der Waals surface area contributed by atoms with Crippen LogP contribution in [-0.2, 0) is 23.5 Å². The quantitative estimate of drug-likeness (QED) is 0.537. The molecule has 0 saturated heterocycles. The second-order valence-corrected chi connectivity index (χ2v) is 8.19. The zero-order valence-electron chi connectivity index (χ0n) is 10.6. The van der Waals surface area contributed by atoms with Crippen LogP contribution in [0.2, 0.25) is 13.1 Å². The summed E-state index contributed by atoms with van der Waals surface area (Å²) in [5.41, 5.74) is 1.46. The maximum absolute atomic E-state index is 6.25. The molecule has 1 unspecified atom stereocenters. The number of nitrogens with zero attached hydrogens (tertiary/aromatic N) is 1. The van der Waals surface area contributed by atoms with E-state index in [1.54, 1.807) is 0 Å². The van der Waals surface area contributed by atoms with Gasteiger partial charge < -0.3 is 4.57 Å². The summed E-state index contributed by atoms with van der Waals surface area (Å²) in [6, 6.07) is 0. The summed E-state index contributed by atoms with van der Waals surface area (Å²) in [5, 5.41) is 0.0733. The Morgan fingerprint density at radius 2 is 1.81 bits per heavy atom. The molecular weight excluding hydrogens is 336 g/mol. The molecule has 91 valence electrons. The molecule has 0 heterocycles. The maximum atomic E-state index is 6.25. The molecule has 0 aromatic rings. The topological polar surface area (TPSA) is 3.24 Å². The first-order chi connectivity index (χ1) is 7.34. The van der Waals surface area contributed by atoms with Crippen molar-refractivity contribution < 1.29 is 23.5 Å². The molecule has 1 atom stereocenters. The van der Waals surface area contributed by atoms with E-state index in [4.69, 9.17) is 20.1 Å². The molecule has 0 aliphatic heterocycles. The molecule has 1 aliphatic carbocycles. The normalized spacial score (nSPS) is 19.2. The van der Waals surface area contributed by atoms with Crippen molar-refractivity contribution in [1.29, 1.82) is 0 Å². The van der Waals surface area contributed by atoms with Crippen LogP contribution >= 0.6 is 20.1 Å². The fraction of sp³-hybridized carbons (Fsp3) is 0.636. The van der Waals surface area contributed by atoms with E-state index in [9.17, 15) is 0 Å². The van der Waals surface area contributed by atoms with Crippen LogP contribution in [0.15, 0.2) is 23.9 Å². The molecule has 0 radical (unpaired) electrons. The molecule has 0 saturated carbocycles. The van der Waals surface area contributed by atoms with Crippen LogP contribution in [0.1, 0.15) is 20.8 Å². The third-order valence-electron chi connectivity index (χ3n) is 2.35. The molecule has 0 amide bonds. The molecule has 16 heavy (non-hydrogen) atoms. The molecule has 0 fully saturated rings. The third-order valence-corrected chi connectivity index (χ3v) is 4.82. The minimum absolute atomic E-state index is 0.0733. The Hall–Kier alpha value is 0.960. The van der Waals surface area contributed by atoms with E-state index in [2.05, 4.69) is 50.6 Å². The number of rotatable bonds is 2. The Morgan fingerprint density at radius 1 is 1.31 bits per heavy atom. The average Bonchev–Trinajstić information content (AvgIpc) is 2.53. The minimum atomic E-state index is -0.862. The van der Waals surface area contributed by atoms with Gasteiger partial charge in [0.25, 0.3) is 0 Å². The van der Waals surface area contributed by atoms with Gasteiger partial charge in [-0.15, -0.1) is 11.6 Å². The van der Waals surface area contributed by atoms with E-state index in [0.29, 0.717) is 0 Å². The predicted molar refractivity (Wildman–Crippen MR) is 73.2 cm³/mol. The molecular formula is C11H20Cl2NSiZr. The summed E-state index contributed by atoms with van der Waals surface area (Å²) in [5.74, 6) is 0. The van der Waals surface area contributed by atoms with Gasteiger partial charge in [0.1, 0.15) is 8.96 Å². The van der Waals surface area contributed by atoms with E-state index in [1.165, 1.54) is 5.70 Å². The van der Waals surface area contributed by atoms with Crippen LogP contribution in [0.3, 0.4) is 0 Å². The fourth-order valence-electron chi connectivity index (χ4n) is 2.12. The second-order valence-electron chi connectivity index (χ2n) is 5.01. The SMILES string of the molecule is C[SiH](C)N(C1=CC=CC1Cl)C(C)(C)C.[Cl][Zr]. The molecule has 1 aliphatic rings.